The molecule has 0 saturated carbocycles. The van der Waals surface area contributed by atoms with Crippen molar-refractivity contribution in [1.82, 2.24) is 9.88 Å². The number of piperidine rings is 1. The zero-order valence-corrected chi connectivity index (χ0v) is 11.6. The van der Waals surface area contributed by atoms with Gasteiger partial charge in [0.2, 0.25) is 5.91 Å². The molecule has 0 spiro atoms. The van der Waals surface area contributed by atoms with Gasteiger partial charge in [0.1, 0.15) is 5.75 Å². The van der Waals surface area contributed by atoms with Crippen LogP contribution in [0.15, 0.2) is 12.1 Å². The molecule has 1 unspecified atom stereocenters. The summed E-state index contributed by atoms with van der Waals surface area (Å²) in [4.78, 5) is 28.8. The third-order valence-corrected chi connectivity index (χ3v) is 3.42. The van der Waals surface area contributed by atoms with Crippen LogP contribution in [0.3, 0.4) is 0 Å². The summed E-state index contributed by atoms with van der Waals surface area (Å²) in [5.41, 5.74) is 1.51. The normalized spacial score (nSPS) is 19.0. The van der Waals surface area contributed by atoms with E-state index in [0.29, 0.717) is 24.4 Å². The maximum absolute atomic E-state index is 11.9. The first kappa shape index (κ1) is 14.3. The number of carboxylic acids is 1. The van der Waals surface area contributed by atoms with Gasteiger partial charge in [0.25, 0.3) is 0 Å². The Morgan fingerprint density at radius 1 is 1.55 bits per heavy atom. The molecule has 1 aliphatic rings. The molecule has 6 heteroatoms. The molecule has 2 heterocycles. The molecule has 2 rings (SSSR count). The minimum absolute atomic E-state index is 0.0234. The number of likely N-dealkylation sites (tertiary alicyclic amines) is 1. The number of amides is 1. The molecule has 108 valence electrons. The van der Waals surface area contributed by atoms with Crippen LogP contribution >= 0.6 is 0 Å². The summed E-state index contributed by atoms with van der Waals surface area (Å²) in [6.07, 6.45) is 0.690. The van der Waals surface area contributed by atoms with Crippen molar-refractivity contribution < 1.29 is 19.4 Å². The van der Waals surface area contributed by atoms with Crippen LogP contribution in [-0.2, 0) is 16.1 Å². The van der Waals surface area contributed by atoms with Crippen LogP contribution < -0.4 is 4.74 Å². The fourth-order valence-corrected chi connectivity index (χ4v) is 2.37. The summed E-state index contributed by atoms with van der Waals surface area (Å²) < 4.78 is 5.17. The highest BCUT2D eigenvalue weighted by atomic mass is 16.5. The van der Waals surface area contributed by atoms with Crippen LogP contribution in [0, 0.1) is 12.8 Å². The molecule has 1 atom stereocenters. The highest BCUT2D eigenvalue weighted by Crippen LogP contribution is 2.21. The molecule has 0 radical (unpaired) electrons. The number of pyridine rings is 1. The first-order valence-electron chi connectivity index (χ1n) is 6.51. The number of hydrogen-bond acceptors (Lipinski definition) is 4. The van der Waals surface area contributed by atoms with Gasteiger partial charge in [0.15, 0.2) is 0 Å². The van der Waals surface area contributed by atoms with Gasteiger partial charge in [0, 0.05) is 30.8 Å². The summed E-state index contributed by atoms with van der Waals surface area (Å²) >= 11 is 0. The van der Waals surface area contributed by atoms with Gasteiger partial charge in [-0.3, -0.25) is 14.6 Å². The number of aryl methyl sites for hydroxylation is 1. The number of aromatic nitrogens is 1. The van der Waals surface area contributed by atoms with Gasteiger partial charge in [-0.25, -0.2) is 0 Å². The number of carboxylic acid groups (broad SMARTS) is 1. The highest BCUT2D eigenvalue weighted by molar-refractivity contribution is 5.80. The van der Waals surface area contributed by atoms with Crippen LogP contribution in [0.25, 0.3) is 0 Å². The number of rotatable bonds is 4. The molecule has 1 saturated heterocycles. The Hall–Kier alpha value is -2.11. The Morgan fingerprint density at radius 2 is 2.30 bits per heavy atom. The van der Waals surface area contributed by atoms with Crippen molar-refractivity contribution in [3.63, 3.8) is 0 Å². The molecule has 0 aliphatic carbocycles. The van der Waals surface area contributed by atoms with Crippen LogP contribution in [-0.4, -0.2) is 40.5 Å². The molecular formula is C14H18N2O4. The van der Waals surface area contributed by atoms with E-state index >= 15 is 0 Å². The standard InChI is InChI=1S/C14H18N2O4/c1-9-5-12(20-2)6-11(15-9)8-16-7-10(14(18)19)3-4-13(16)17/h5-6,10H,3-4,7-8H2,1-2H3,(H,18,19). The smallest absolute Gasteiger partial charge is 0.308 e. The minimum atomic E-state index is -0.850. The number of hydrogen-bond donors (Lipinski definition) is 1. The second kappa shape index (κ2) is 5.90. The highest BCUT2D eigenvalue weighted by Gasteiger charge is 2.30. The third kappa shape index (κ3) is 3.26. The maximum atomic E-state index is 11.9. The van der Waals surface area contributed by atoms with Gasteiger partial charge in [-0.15, -0.1) is 0 Å². The number of aliphatic carboxylic acids is 1. The molecule has 1 aromatic heterocycles. The number of methoxy groups -OCH3 is 1. The van der Waals surface area contributed by atoms with E-state index in [1.807, 2.05) is 13.0 Å². The molecule has 1 fully saturated rings. The van der Waals surface area contributed by atoms with Crippen LogP contribution in [0.2, 0.25) is 0 Å². The van der Waals surface area contributed by atoms with E-state index < -0.39 is 11.9 Å². The quantitative estimate of drug-likeness (QED) is 0.895. The van der Waals surface area contributed by atoms with Gasteiger partial charge >= 0.3 is 5.97 Å². The number of nitrogens with zero attached hydrogens (tertiary/aromatic N) is 2. The fraction of sp³-hybridized carbons (Fsp3) is 0.500. The summed E-state index contributed by atoms with van der Waals surface area (Å²) in [5.74, 6) is -0.673. The van der Waals surface area contributed by atoms with E-state index in [2.05, 4.69) is 4.98 Å². The predicted molar refractivity (Wildman–Crippen MR) is 71.3 cm³/mol. The lowest BCUT2D eigenvalue weighted by molar-refractivity contribution is -0.147. The van der Waals surface area contributed by atoms with E-state index in [1.165, 1.54) is 0 Å². The summed E-state index contributed by atoms with van der Waals surface area (Å²) in [5, 5.41) is 9.06. The Morgan fingerprint density at radius 3 is 2.95 bits per heavy atom. The van der Waals surface area contributed by atoms with Gasteiger partial charge in [-0.05, 0) is 13.3 Å². The van der Waals surface area contributed by atoms with E-state index in [-0.39, 0.29) is 18.9 Å². The number of ether oxygens (including phenoxy) is 1. The van der Waals surface area contributed by atoms with Gasteiger partial charge < -0.3 is 14.7 Å². The van der Waals surface area contributed by atoms with Crippen molar-refractivity contribution in [2.24, 2.45) is 5.92 Å². The van der Waals surface area contributed by atoms with Gasteiger partial charge in [-0.1, -0.05) is 0 Å². The maximum Gasteiger partial charge on any atom is 0.308 e. The Balaban J connectivity index is 2.13. The molecule has 6 nitrogen and oxygen atoms in total. The van der Waals surface area contributed by atoms with Crippen LogP contribution in [0.4, 0.5) is 0 Å². The molecule has 0 aromatic carbocycles. The summed E-state index contributed by atoms with van der Waals surface area (Å²) in [7, 11) is 1.57. The number of carbonyl (C=O) groups excluding carboxylic acids is 1. The van der Waals surface area contributed by atoms with Gasteiger partial charge in [-0.2, -0.15) is 0 Å². The second-order valence-corrected chi connectivity index (χ2v) is 4.99. The van der Waals surface area contributed by atoms with Crippen molar-refractivity contribution in [2.75, 3.05) is 13.7 Å². The van der Waals surface area contributed by atoms with Crippen molar-refractivity contribution in [1.29, 1.82) is 0 Å². The zero-order valence-electron chi connectivity index (χ0n) is 11.6. The molecule has 1 amide bonds. The Kier molecular flexibility index (Phi) is 4.22. The fourth-order valence-electron chi connectivity index (χ4n) is 2.37. The van der Waals surface area contributed by atoms with Crippen molar-refractivity contribution in [2.45, 2.75) is 26.3 Å². The van der Waals surface area contributed by atoms with Crippen molar-refractivity contribution >= 4 is 11.9 Å². The summed E-state index contributed by atoms with van der Waals surface area (Å²) in [6.45, 7) is 2.41. The lowest BCUT2D eigenvalue weighted by atomic mass is 9.97. The minimum Gasteiger partial charge on any atom is -0.497 e. The lowest BCUT2D eigenvalue weighted by Crippen LogP contribution is -2.42. The van der Waals surface area contributed by atoms with E-state index in [9.17, 15) is 9.59 Å². The lowest BCUT2D eigenvalue weighted by Gasteiger charge is -2.30. The van der Waals surface area contributed by atoms with Crippen LogP contribution in [0.5, 0.6) is 5.75 Å². The molecular weight excluding hydrogens is 260 g/mol. The van der Waals surface area contributed by atoms with Gasteiger partial charge in [0.05, 0.1) is 25.3 Å². The van der Waals surface area contributed by atoms with Crippen molar-refractivity contribution in [3.8, 4) is 5.75 Å². The molecule has 1 N–H and O–H groups in total. The Bertz CT molecular complexity index is 530. The largest absolute Gasteiger partial charge is 0.497 e. The van der Waals surface area contributed by atoms with E-state index in [1.54, 1.807) is 18.1 Å². The van der Waals surface area contributed by atoms with Crippen LogP contribution in [0.1, 0.15) is 24.2 Å². The average molecular weight is 278 g/mol. The molecule has 20 heavy (non-hydrogen) atoms. The van der Waals surface area contributed by atoms with Crippen molar-refractivity contribution in [3.05, 3.63) is 23.5 Å². The zero-order chi connectivity index (χ0) is 14.7. The molecule has 0 bridgehead atoms. The average Bonchev–Trinajstić information content (AvgIpc) is 2.40. The monoisotopic (exact) mass is 278 g/mol. The SMILES string of the molecule is COc1cc(C)nc(CN2CC(C(=O)O)CCC2=O)c1. The first-order chi connectivity index (χ1) is 9.49. The molecule has 1 aliphatic heterocycles. The second-order valence-electron chi connectivity index (χ2n) is 4.99. The topological polar surface area (TPSA) is 79.7 Å². The number of carbonyl (C=O) groups is 2. The summed E-state index contributed by atoms with van der Waals surface area (Å²) in [6, 6.07) is 3.58. The molecule has 1 aromatic rings. The van der Waals surface area contributed by atoms with E-state index in [0.717, 1.165) is 5.69 Å². The Labute approximate surface area is 117 Å². The third-order valence-electron chi connectivity index (χ3n) is 3.42. The predicted octanol–water partition coefficient (Wildman–Crippen LogP) is 1.22. The first-order valence-corrected chi connectivity index (χ1v) is 6.51. The van der Waals surface area contributed by atoms with E-state index in [4.69, 9.17) is 9.84 Å².